The molecule has 1 aliphatic heterocycles. The second-order valence-electron chi connectivity index (χ2n) is 7.27. The van der Waals surface area contributed by atoms with Crippen LogP contribution in [0.1, 0.15) is 40.2 Å². The topological polar surface area (TPSA) is 36.3 Å². The number of rotatable bonds is 4. The summed E-state index contributed by atoms with van der Waals surface area (Å²) in [5.41, 5.74) is 0.806. The summed E-state index contributed by atoms with van der Waals surface area (Å²) in [4.78, 5) is 0. The molecule has 2 heterocycles. The Morgan fingerprint density at radius 1 is 1.16 bits per heavy atom. The van der Waals surface area contributed by atoms with Gasteiger partial charge in [-0.25, -0.2) is 4.39 Å². The van der Waals surface area contributed by atoms with Crippen molar-refractivity contribution in [3.8, 4) is 11.3 Å². The third kappa shape index (κ3) is 3.41. The SMILES string of the molecule is CCn1cc(C=C(F)B2OC(C)(C)C(C)(C)O2)c(-c2ccccc2)n1. The van der Waals surface area contributed by atoms with Crippen molar-refractivity contribution in [1.82, 2.24) is 9.78 Å². The number of aromatic nitrogens is 2. The molecule has 2 aromatic rings. The first-order valence-corrected chi connectivity index (χ1v) is 8.59. The summed E-state index contributed by atoms with van der Waals surface area (Å²) in [6.45, 7) is 10.3. The van der Waals surface area contributed by atoms with Gasteiger partial charge in [0, 0.05) is 23.9 Å². The van der Waals surface area contributed by atoms with Crippen molar-refractivity contribution < 1.29 is 13.7 Å². The Morgan fingerprint density at radius 3 is 2.32 bits per heavy atom. The van der Waals surface area contributed by atoms with Crippen molar-refractivity contribution in [1.29, 1.82) is 0 Å². The van der Waals surface area contributed by atoms with Crippen molar-refractivity contribution in [3.63, 3.8) is 0 Å². The predicted molar refractivity (Wildman–Crippen MR) is 98.5 cm³/mol. The maximum atomic E-state index is 14.9. The minimum absolute atomic E-state index is 0.452. The first-order chi connectivity index (χ1) is 11.7. The molecule has 0 atom stereocenters. The van der Waals surface area contributed by atoms with Gasteiger partial charge < -0.3 is 9.31 Å². The molecule has 0 amide bonds. The highest BCUT2D eigenvalue weighted by Gasteiger charge is 2.53. The highest BCUT2D eigenvalue weighted by molar-refractivity contribution is 6.54. The lowest BCUT2D eigenvalue weighted by atomic mass is 9.86. The monoisotopic (exact) mass is 342 g/mol. The van der Waals surface area contributed by atoms with Gasteiger partial charge in [-0.1, -0.05) is 30.3 Å². The zero-order valence-electron chi connectivity index (χ0n) is 15.4. The van der Waals surface area contributed by atoms with Gasteiger partial charge in [0.2, 0.25) is 0 Å². The van der Waals surface area contributed by atoms with E-state index in [0.717, 1.165) is 11.3 Å². The van der Waals surface area contributed by atoms with Crippen LogP contribution in [0, 0.1) is 0 Å². The van der Waals surface area contributed by atoms with E-state index in [1.54, 1.807) is 4.68 Å². The molecule has 0 spiro atoms. The molecule has 1 aromatic heterocycles. The molecule has 4 nitrogen and oxygen atoms in total. The molecule has 1 saturated heterocycles. The van der Waals surface area contributed by atoms with Crippen LogP contribution in [0.4, 0.5) is 4.39 Å². The molecule has 1 fully saturated rings. The maximum absolute atomic E-state index is 14.9. The Hall–Kier alpha value is -1.92. The van der Waals surface area contributed by atoms with E-state index in [1.165, 1.54) is 6.08 Å². The van der Waals surface area contributed by atoms with E-state index in [0.29, 0.717) is 12.1 Å². The van der Waals surface area contributed by atoms with Crippen molar-refractivity contribution in [2.24, 2.45) is 0 Å². The van der Waals surface area contributed by atoms with Gasteiger partial charge in [0.05, 0.1) is 16.9 Å². The van der Waals surface area contributed by atoms with E-state index in [1.807, 2.05) is 71.1 Å². The van der Waals surface area contributed by atoms with E-state index in [4.69, 9.17) is 9.31 Å². The molecule has 0 radical (unpaired) electrons. The number of hydrogen-bond donors (Lipinski definition) is 0. The number of nitrogens with zero attached hydrogens (tertiary/aromatic N) is 2. The minimum atomic E-state index is -1.00. The molecule has 0 N–H and O–H groups in total. The zero-order chi connectivity index (χ0) is 18.2. The number of hydrogen-bond acceptors (Lipinski definition) is 3. The van der Waals surface area contributed by atoms with E-state index < -0.39 is 24.0 Å². The van der Waals surface area contributed by atoms with Crippen LogP contribution in [0.2, 0.25) is 0 Å². The average Bonchev–Trinajstić information content (AvgIpc) is 3.06. The molecule has 1 aromatic carbocycles. The van der Waals surface area contributed by atoms with Gasteiger partial charge in [0.1, 0.15) is 5.73 Å². The molecule has 6 heteroatoms. The smallest absolute Gasteiger partial charge is 0.398 e. The molecule has 0 aliphatic carbocycles. The summed E-state index contributed by atoms with van der Waals surface area (Å²) in [7, 11) is -1.00. The molecule has 3 rings (SSSR count). The molecule has 0 saturated carbocycles. The van der Waals surface area contributed by atoms with Crippen molar-refractivity contribution in [2.75, 3.05) is 0 Å². The third-order valence-corrected chi connectivity index (χ3v) is 4.93. The summed E-state index contributed by atoms with van der Waals surface area (Å²) in [5, 5.41) is 4.56. The van der Waals surface area contributed by atoms with E-state index >= 15 is 0 Å². The maximum Gasteiger partial charge on any atom is 0.525 e. The Morgan fingerprint density at radius 2 is 1.76 bits per heavy atom. The second kappa shape index (κ2) is 6.43. The summed E-state index contributed by atoms with van der Waals surface area (Å²) in [5.74, 6) is 0. The first-order valence-electron chi connectivity index (χ1n) is 8.59. The van der Waals surface area contributed by atoms with Gasteiger partial charge in [-0.3, -0.25) is 4.68 Å². The van der Waals surface area contributed by atoms with Crippen LogP contribution >= 0.6 is 0 Å². The lowest BCUT2D eigenvalue weighted by molar-refractivity contribution is 0.00578. The van der Waals surface area contributed by atoms with Crippen molar-refractivity contribution in [2.45, 2.75) is 52.4 Å². The van der Waals surface area contributed by atoms with Gasteiger partial charge in [0.15, 0.2) is 0 Å². The van der Waals surface area contributed by atoms with Crippen LogP contribution in [0.5, 0.6) is 0 Å². The summed E-state index contributed by atoms with van der Waals surface area (Å²) in [6.07, 6.45) is 3.30. The van der Waals surface area contributed by atoms with Crippen molar-refractivity contribution in [3.05, 3.63) is 47.8 Å². The van der Waals surface area contributed by atoms with Crippen molar-refractivity contribution >= 4 is 13.2 Å². The van der Waals surface area contributed by atoms with E-state index in [-0.39, 0.29) is 0 Å². The third-order valence-electron chi connectivity index (χ3n) is 4.93. The Bertz CT molecular complexity index is 768. The zero-order valence-corrected chi connectivity index (χ0v) is 15.4. The van der Waals surface area contributed by atoms with Gasteiger partial charge in [-0.15, -0.1) is 0 Å². The van der Waals surface area contributed by atoms with Crippen LogP contribution < -0.4 is 0 Å². The quantitative estimate of drug-likeness (QED) is 0.767. The highest BCUT2D eigenvalue weighted by Crippen LogP contribution is 2.39. The summed E-state index contributed by atoms with van der Waals surface area (Å²) in [6, 6.07) is 9.76. The lowest BCUT2D eigenvalue weighted by Gasteiger charge is -2.32. The molecule has 0 bridgehead atoms. The van der Waals surface area contributed by atoms with E-state index in [9.17, 15) is 4.39 Å². The van der Waals surface area contributed by atoms with Crippen LogP contribution in [-0.4, -0.2) is 28.1 Å². The lowest BCUT2D eigenvalue weighted by Crippen LogP contribution is -2.41. The normalized spacial score (nSPS) is 19.4. The number of halogens is 1. The Labute approximate surface area is 148 Å². The summed E-state index contributed by atoms with van der Waals surface area (Å²) < 4.78 is 28.2. The number of benzene rings is 1. The molecule has 132 valence electrons. The van der Waals surface area contributed by atoms with Gasteiger partial charge in [0.25, 0.3) is 0 Å². The van der Waals surface area contributed by atoms with Crippen LogP contribution in [0.3, 0.4) is 0 Å². The van der Waals surface area contributed by atoms with Gasteiger partial charge in [-0.05, 0) is 40.7 Å². The Balaban J connectivity index is 1.95. The average molecular weight is 342 g/mol. The van der Waals surface area contributed by atoms with E-state index in [2.05, 4.69) is 5.10 Å². The second-order valence-corrected chi connectivity index (χ2v) is 7.27. The molecular formula is C19H24BFN2O2. The first kappa shape index (κ1) is 17.9. The largest absolute Gasteiger partial charge is 0.525 e. The fourth-order valence-electron chi connectivity index (χ4n) is 2.70. The molecule has 25 heavy (non-hydrogen) atoms. The summed E-state index contributed by atoms with van der Waals surface area (Å²) >= 11 is 0. The fourth-order valence-corrected chi connectivity index (χ4v) is 2.70. The van der Waals surface area contributed by atoms with Gasteiger partial charge in [-0.2, -0.15) is 5.10 Å². The van der Waals surface area contributed by atoms with Crippen LogP contribution in [0.15, 0.2) is 42.3 Å². The van der Waals surface area contributed by atoms with Crippen LogP contribution in [-0.2, 0) is 15.9 Å². The van der Waals surface area contributed by atoms with Crippen LogP contribution in [0.25, 0.3) is 17.3 Å². The van der Waals surface area contributed by atoms with Gasteiger partial charge >= 0.3 is 7.12 Å². The highest BCUT2D eigenvalue weighted by atomic mass is 19.1. The predicted octanol–water partition coefficient (Wildman–Crippen LogP) is 4.51. The minimum Gasteiger partial charge on any atom is -0.398 e. The fraction of sp³-hybridized carbons (Fsp3) is 0.421. The standard InChI is InChI=1S/C19H24BFN2O2/c1-6-23-13-15(17(22-23)14-10-8-7-9-11-14)12-16(21)20-24-18(2,3)19(4,5)25-20/h7-13H,6H2,1-5H3. The molecule has 0 unspecified atom stereocenters. The number of aryl methyl sites for hydroxylation is 1. The Kier molecular flexibility index (Phi) is 4.60. The molecular weight excluding hydrogens is 318 g/mol. The molecule has 1 aliphatic rings.